The maximum Gasteiger partial charge on any atom is 0.290 e. The molecule has 0 aliphatic carbocycles. The molecular formula is C29H30O7S2. The lowest BCUT2D eigenvalue weighted by Crippen LogP contribution is -2.54. The van der Waals surface area contributed by atoms with Gasteiger partial charge in [-0.15, -0.1) is 0 Å². The summed E-state index contributed by atoms with van der Waals surface area (Å²) < 4.78 is 56.2. The second kappa shape index (κ2) is 12.6. The van der Waals surface area contributed by atoms with Crippen LogP contribution in [0.2, 0.25) is 0 Å². The van der Waals surface area contributed by atoms with Crippen LogP contribution >= 0.6 is 11.8 Å². The monoisotopic (exact) mass is 554 g/mol. The molecule has 0 bridgehead atoms. The van der Waals surface area contributed by atoms with Gasteiger partial charge >= 0.3 is 0 Å². The van der Waals surface area contributed by atoms with Crippen LogP contribution in [0.5, 0.6) is 0 Å². The minimum Gasteiger partial charge on any atom is -0.365 e. The van der Waals surface area contributed by atoms with E-state index in [2.05, 4.69) is 0 Å². The van der Waals surface area contributed by atoms with Crippen molar-refractivity contribution in [2.45, 2.75) is 48.5 Å². The summed E-state index contributed by atoms with van der Waals surface area (Å²) in [5.41, 5.74) is 1.69. The van der Waals surface area contributed by atoms with Crippen molar-refractivity contribution in [3.8, 4) is 0 Å². The number of thioether (sulfide) groups is 1. The van der Waals surface area contributed by atoms with Gasteiger partial charge in [0.05, 0.1) is 25.2 Å². The van der Waals surface area contributed by atoms with Crippen molar-refractivity contribution in [2.75, 3.05) is 13.2 Å². The maximum absolute atomic E-state index is 12.9. The molecule has 9 heteroatoms. The van der Waals surface area contributed by atoms with Crippen LogP contribution in [-0.2, 0) is 39.9 Å². The number of hydrogen-bond acceptors (Lipinski definition) is 8. The van der Waals surface area contributed by atoms with Gasteiger partial charge in [0.15, 0.2) is 6.29 Å². The molecule has 2 heterocycles. The number of fused-ring (bicyclic) bond motifs is 1. The molecule has 5 atom stereocenters. The molecule has 0 aromatic heterocycles. The minimum atomic E-state index is -4.00. The molecule has 0 radical (unpaired) electrons. The molecule has 200 valence electrons. The van der Waals surface area contributed by atoms with Gasteiger partial charge in [0, 0.05) is 16.0 Å². The molecule has 7 nitrogen and oxygen atoms in total. The Morgan fingerprint density at radius 1 is 0.921 bits per heavy atom. The van der Waals surface area contributed by atoms with Gasteiger partial charge in [-0.25, -0.2) is 0 Å². The average Bonchev–Trinajstić information content (AvgIpc) is 2.94. The second-order valence-corrected chi connectivity index (χ2v) is 11.5. The molecule has 5 rings (SSSR count). The molecule has 0 amide bonds. The van der Waals surface area contributed by atoms with Crippen LogP contribution in [0.4, 0.5) is 0 Å². The summed E-state index contributed by atoms with van der Waals surface area (Å²) in [6.07, 6.45) is -2.65. The summed E-state index contributed by atoms with van der Waals surface area (Å²) in [7, 11) is -4.00. The normalized spacial score (nSPS) is 26.7. The van der Waals surface area contributed by atoms with Crippen LogP contribution in [0.15, 0.2) is 107 Å². The molecule has 0 saturated carbocycles. The third-order valence-corrected chi connectivity index (χ3v) is 8.40. The van der Waals surface area contributed by atoms with Crippen LogP contribution in [0.25, 0.3) is 0 Å². The average molecular weight is 555 g/mol. The summed E-state index contributed by atoms with van der Waals surface area (Å²) in [6.45, 7) is 2.15. The van der Waals surface area contributed by atoms with Crippen molar-refractivity contribution < 1.29 is 31.5 Å². The first-order chi connectivity index (χ1) is 18.5. The molecule has 2 saturated heterocycles. The lowest BCUT2D eigenvalue weighted by Gasteiger charge is -2.46. The third kappa shape index (κ3) is 6.73. The van der Waals surface area contributed by atoms with E-state index < -0.39 is 40.2 Å². The van der Waals surface area contributed by atoms with E-state index in [0.717, 1.165) is 21.4 Å². The van der Waals surface area contributed by atoms with Crippen LogP contribution in [0.1, 0.15) is 24.3 Å². The van der Waals surface area contributed by atoms with Crippen molar-refractivity contribution in [3.05, 3.63) is 113 Å². The maximum atomic E-state index is 12.9. The van der Waals surface area contributed by atoms with Crippen molar-refractivity contribution in [3.63, 3.8) is 0 Å². The van der Waals surface area contributed by atoms with E-state index in [9.17, 15) is 8.42 Å². The Morgan fingerprint density at radius 2 is 1.58 bits per heavy atom. The van der Waals surface area contributed by atoms with Crippen molar-refractivity contribution in [2.24, 2.45) is 0 Å². The predicted molar refractivity (Wildman–Crippen MR) is 145 cm³/mol. The topological polar surface area (TPSA) is 80.3 Å². The highest BCUT2D eigenvalue weighted by atomic mass is 32.2. The van der Waals surface area contributed by atoms with Gasteiger partial charge in [0.1, 0.15) is 23.7 Å². The molecule has 2 aliphatic heterocycles. The van der Waals surface area contributed by atoms with Crippen LogP contribution < -0.4 is 0 Å². The van der Waals surface area contributed by atoms with Gasteiger partial charge in [-0.1, -0.05) is 90.6 Å². The highest BCUT2D eigenvalue weighted by molar-refractivity contribution is 7.99. The molecule has 3 aromatic rings. The fraction of sp³-hybridized carbons (Fsp3) is 0.310. The van der Waals surface area contributed by atoms with E-state index in [1.165, 1.54) is 11.8 Å². The smallest absolute Gasteiger partial charge is 0.290 e. The molecule has 0 N–H and O–H groups in total. The predicted octanol–water partition coefficient (Wildman–Crippen LogP) is 5.45. The van der Waals surface area contributed by atoms with E-state index in [1.807, 2.05) is 91.0 Å². The molecule has 38 heavy (non-hydrogen) atoms. The molecule has 2 aliphatic rings. The lowest BCUT2D eigenvalue weighted by atomic mass is 9.96. The van der Waals surface area contributed by atoms with Crippen molar-refractivity contribution in [1.29, 1.82) is 0 Å². The SMILES string of the molecule is CCOS(=O)(=O)/C=C1\[C@@H](OCc2ccccc2)[C@H](Sc2ccccc2)O[C@@H]2CO[C@@H](c3ccccc3)O[C@@H]12. The first-order valence-electron chi connectivity index (χ1n) is 12.5. The fourth-order valence-electron chi connectivity index (χ4n) is 4.44. The first-order valence-corrected chi connectivity index (χ1v) is 14.8. The van der Waals surface area contributed by atoms with E-state index in [1.54, 1.807) is 6.92 Å². The number of rotatable bonds is 9. The van der Waals surface area contributed by atoms with E-state index >= 15 is 0 Å². The third-order valence-electron chi connectivity index (χ3n) is 6.14. The summed E-state index contributed by atoms with van der Waals surface area (Å²) >= 11 is 1.47. The molecule has 0 unspecified atom stereocenters. The van der Waals surface area contributed by atoms with Crippen LogP contribution in [0, 0.1) is 0 Å². The van der Waals surface area contributed by atoms with Crippen molar-refractivity contribution in [1.82, 2.24) is 0 Å². The number of benzene rings is 3. The van der Waals surface area contributed by atoms with Gasteiger partial charge in [-0.2, -0.15) is 8.42 Å². The highest BCUT2D eigenvalue weighted by Crippen LogP contribution is 2.43. The molecule has 0 spiro atoms. The van der Waals surface area contributed by atoms with Gasteiger partial charge in [0.2, 0.25) is 0 Å². The Labute approximate surface area is 227 Å². The standard InChI is InChI=1S/C29H30O7S2/c1-2-34-38(30,31)20-24-26-25(19-33-28(36-26)22-14-8-4-9-15-22)35-29(37-23-16-10-5-11-17-23)27(24)32-18-21-12-6-3-7-13-21/h3-17,20,25-29H,2,18-19H2,1H3/b24-20-/t25-,26+,27-,28-,29+/m1/s1. The summed E-state index contributed by atoms with van der Waals surface area (Å²) in [4.78, 5) is 0.969. The van der Waals surface area contributed by atoms with Gasteiger partial charge in [-0.3, -0.25) is 4.18 Å². The molecule has 2 fully saturated rings. The highest BCUT2D eigenvalue weighted by Gasteiger charge is 2.48. The quantitative estimate of drug-likeness (QED) is 0.323. The van der Waals surface area contributed by atoms with Crippen molar-refractivity contribution >= 4 is 21.9 Å². The minimum absolute atomic E-state index is 0.0189. The molecular weight excluding hydrogens is 524 g/mol. The largest absolute Gasteiger partial charge is 0.365 e. The first kappa shape index (κ1) is 27.1. The molecule has 3 aromatic carbocycles. The Hall–Kier alpha value is -2.50. The van der Waals surface area contributed by atoms with E-state index in [-0.39, 0.29) is 19.8 Å². The summed E-state index contributed by atoms with van der Waals surface area (Å²) in [5, 5.41) is 1.15. The van der Waals surface area contributed by atoms with E-state index in [0.29, 0.717) is 5.57 Å². The Kier molecular flexibility index (Phi) is 8.96. The Bertz CT molecular complexity index is 1300. The zero-order valence-corrected chi connectivity index (χ0v) is 22.6. The van der Waals surface area contributed by atoms with Gasteiger partial charge in [0.25, 0.3) is 10.1 Å². The lowest BCUT2D eigenvalue weighted by molar-refractivity contribution is -0.277. The Morgan fingerprint density at radius 3 is 2.26 bits per heavy atom. The summed E-state index contributed by atoms with van der Waals surface area (Å²) in [6, 6.07) is 29.1. The second-order valence-electron chi connectivity index (χ2n) is 8.84. The van der Waals surface area contributed by atoms with Crippen LogP contribution in [-0.4, -0.2) is 45.4 Å². The Balaban J connectivity index is 1.51. The number of hydrogen-bond donors (Lipinski definition) is 0. The van der Waals surface area contributed by atoms with Crippen LogP contribution in [0.3, 0.4) is 0 Å². The number of ether oxygens (including phenoxy) is 4. The van der Waals surface area contributed by atoms with E-state index in [4.69, 9.17) is 23.1 Å². The zero-order valence-electron chi connectivity index (χ0n) is 20.9. The zero-order chi connectivity index (χ0) is 26.4. The summed E-state index contributed by atoms with van der Waals surface area (Å²) in [5.74, 6) is 0. The fourth-order valence-corrected chi connectivity index (χ4v) is 6.58. The van der Waals surface area contributed by atoms with Gasteiger partial charge < -0.3 is 18.9 Å². The van der Waals surface area contributed by atoms with Gasteiger partial charge in [-0.05, 0) is 24.6 Å².